The number of methoxy groups -OCH3 is 1. The van der Waals surface area contributed by atoms with Gasteiger partial charge >= 0.3 is 0 Å². The molecule has 1 aromatic rings. The lowest BCUT2D eigenvalue weighted by Crippen LogP contribution is -2.32. The van der Waals surface area contributed by atoms with E-state index in [1.54, 1.807) is 7.11 Å². The molecule has 5 heteroatoms. The van der Waals surface area contributed by atoms with Crippen molar-refractivity contribution in [1.82, 2.24) is 10.1 Å². The minimum Gasteiger partial charge on any atom is -0.393 e. The summed E-state index contributed by atoms with van der Waals surface area (Å²) >= 11 is 0. The lowest BCUT2D eigenvalue weighted by molar-refractivity contribution is -0.0527. The van der Waals surface area contributed by atoms with Crippen LogP contribution in [-0.4, -0.2) is 28.5 Å². The van der Waals surface area contributed by atoms with Crippen molar-refractivity contribution in [3.63, 3.8) is 0 Å². The third kappa shape index (κ3) is 3.58. The summed E-state index contributed by atoms with van der Waals surface area (Å²) in [5.41, 5.74) is -0.386. The molecule has 1 aromatic heterocycles. The molecular weight excluding hydrogens is 256 g/mol. The second-order valence-electron chi connectivity index (χ2n) is 6.26. The summed E-state index contributed by atoms with van der Waals surface area (Å²) in [6.45, 7) is 4.18. The van der Waals surface area contributed by atoms with Gasteiger partial charge in [-0.15, -0.1) is 0 Å². The van der Waals surface area contributed by atoms with Gasteiger partial charge in [-0.05, 0) is 25.2 Å². The lowest BCUT2D eigenvalue weighted by Gasteiger charge is -2.32. The molecule has 0 aromatic carbocycles. The van der Waals surface area contributed by atoms with Gasteiger partial charge in [0.25, 0.3) is 0 Å². The molecule has 20 heavy (non-hydrogen) atoms. The molecule has 0 spiro atoms. The Balaban J connectivity index is 2.03. The quantitative estimate of drug-likeness (QED) is 0.869. The molecule has 1 aliphatic carbocycles. The smallest absolute Gasteiger partial charge is 0.229 e. The van der Waals surface area contributed by atoms with Gasteiger partial charge in [-0.2, -0.15) is 4.98 Å². The molecule has 2 rings (SSSR count). The summed E-state index contributed by atoms with van der Waals surface area (Å²) in [5.74, 6) is 1.61. The molecule has 1 heterocycles. The third-order valence-corrected chi connectivity index (χ3v) is 4.08. The Hall–Kier alpha value is -0.940. The minimum absolute atomic E-state index is 0.386. The Labute approximate surface area is 120 Å². The average molecular weight is 282 g/mol. The number of nitrogens with zero attached hydrogens (tertiary/aromatic N) is 2. The van der Waals surface area contributed by atoms with Gasteiger partial charge in [0.15, 0.2) is 0 Å². The van der Waals surface area contributed by atoms with Gasteiger partial charge in [0, 0.05) is 7.11 Å². The molecule has 1 unspecified atom stereocenters. The third-order valence-electron chi connectivity index (χ3n) is 4.08. The normalized spacial score (nSPS) is 20.2. The van der Waals surface area contributed by atoms with Crippen LogP contribution < -0.4 is 0 Å². The molecular formula is C15H26N2O3. The summed E-state index contributed by atoms with van der Waals surface area (Å²) in [5, 5.41) is 14.0. The van der Waals surface area contributed by atoms with Crippen molar-refractivity contribution in [3.05, 3.63) is 11.7 Å². The number of ether oxygens (including phenoxy) is 1. The molecule has 1 atom stereocenters. The number of aliphatic hydroxyl groups excluding tert-OH is 1. The van der Waals surface area contributed by atoms with Crippen molar-refractivity contribution < 1.29 is 14.4 Å². The largest absolute Gasteiger partial charge is 0.393 e. The Morgan fingerprint density at radius 1 is 1.30 bits per heavy atom. The summed E-state index contributed by atoms with van der Waals surface area (Å²) in [6.07, 6.45) is 6.13. The predicted molar refractivity (Wildman–Crippen MR) is 75.2 cm³/mol. The number of rotatable bonds is 6. The minimum atomic E-state index is -0.423. The van der Waals surface area contributed by atoms with Gasteiger partial charge in [-0.25, -0.2) is 0 Å². The number of hydrogen-bond donors (Lipinski definition) is 1. The molecule has 1 aliphatic rings. The molecule has 114 valence electrons. The monoisotopic (exact) mass is 282 g/mol. The van der Waals surface area contributed by atoms with Crippen LogP contribution in [0.2, 0.25) is 0 Å². The van der Waals surface area contributed by atoms with Crippen molar-refractivity contribution >= 4 is 0 Å². The first-order chi connectivity index (χ1) is 9.55. The number of hydrogen-bond acceptors (Lipinski definition) is 5. The van der Waals surface area contributed by atoms with Crippen LogP contribution in [0.4, 0.5) is 0 Å². The van der Waals surface area contributed by atoms with E-state index in [0.717, 1.165) is 32.1 Å². The van der Waals surface area contributed by atoms with E-state index in [2.05, 4.69) is 24.0 Å². The fourth-order valence-electron chi connectivity index (χ4n) is 2.99. The summed E-state index contributed by atoms with van der Waals surface area (Å²) in [7, 11) is 1.72. The standard InChI is InChI=1S/C15H26N2O3/c1-11(2)9-12(18)10-13-16-14(17-20-13)15(19-3)7-5-4-6-8-15/h11-12,18H,4-10H2,1-3H3. The van der Waals surface area contributed by atoms with E-state index in [0.29, 0.717) is 24.1 Å². The first-order valence-electron chi connectivity index (χ1n) is 7.62. The van der Waals surface area contributed by atoms with E-state index in [1.807, 2.05) is 0 Å². The predicted octanol–water partition coefficient (Wildman–Crippen LogP) is 2.82. The molecule has 0 aliphatic heterocycles. The maximum absolute atomic E-state index is 9.95. The first kappa shape index (κ1) is 15.4. The van der Waals surface area contributed by atoms with Crippen molar-refractivity contribution in [3.8, 4) is 0 Å². The SMILES string of the molecule is COC1(c2noc(CC(O)CC(C)C)n2)CCCCC1. The van der Waals surface area contributed by atoms with Gasteiger partial charge in [0.2, 0.25) is 11.7 Å². The molecule has 0 saturated heterocycles. The summed E-state index contributed by atoms with van der Waals surface area (Å²) < 4.78 is 11.0. The molecule has 0 amide bonds. The Bertz CT molecular complexity index is 411. The fourth-order valence-corrected chi connectivity index (χ4v) is 2.99. The molecule has 0 radical (unpaired) electrons. The van der Waals surface area contributed by atoms with E-state index in [1.165, 1.54) is 6.42 Å². The summed E-state index contributed by atoms with van der Waals surface area (Å²) in [4.78, 5) is 4.46. The van der Waals surface area contributed by atoms with Crippen LogP contribution in [0.3, 0.4) is 0 Å². The maximum atomic E-state index is 9.95. The van der Waals surface area contributed by atoms with Crippen LogP contribution in [0, 0.1) is 5.92 Å². The highest BCUT2D eigenvalue weighted by Gasteiger charge is 2.38. The zero-order valence-electron chi connectivity index (χ0n) is 12.8. The van der Waals surface area contributed by atoms with E-state index >= 15 is 0 Å². The highest BCUT2D eigenvalue weighted by atomic mass is 16.5. The van der Waals surface area contributed by atoms with Gasteiger partial charge in [0.1, 0.15) is 5.60 Å². The zero-order chi connectivity index (χ0) is 14.6. The van der Waals surface area contributed by atoms with Crippen LogP contribution in [0.15, 0.2) is 4.52 Å². The molecule has 1 saturated carbocycles. The van der Waals surface area contributed by atoms with Crippen LogP contribution in [0.5, 0.6) is 0 Å². The molecule has 1 N–H and O–H groups in total. The van der Waals surface area contributed by atoms with Crippen LogP contribution in [0.25, 0.3) is 0 Å². The topological polar surface area (TPSA) is 68.4 Å². The van der Waals surface area contributed by atoms with E-state index < -0.39 is 6.10 Å². The molecule has 5 nitrogen and oxygen atoms in total. The van der Waals surface area contributed by atoms with E-state index in [9.17, 15) is 5.11 Å². The van der Waals surface area contributed by atoms with Crippen LogP contribution >= 0.6 is 0 Å². The second-order valence-corrected chi connectivity index (χ2v) is 6.26. The zero-order valence-corrected chi connectivity index (χ0v) is 12.8. The molecule has 1 fully saturated rings. The van der Waals surface area contributed by atoms with Crippen LogP contribution in [-0.2, 0) is 16.8 Å². The van der Waals surface area contributed by atoms with Gasteiger partial charge in [-0.3, -0.25) is 0 Å². The van der Waals surface area contributed by atoms with Crippen molar-refractivity contribution in [2.45, 2.75) is 70.5 Å². The van der Waals surface area contributed by atoms with Gasteiger partial charge in [0.05, 0.1) is 12.5 Å². The Kier molecular flexibility index (Phi) is 5.16. The van der Waals surface area contributed by atoms with E-state index in [-0.39, 0.29) is 5.60 Å². The highest BCUT2D eigenvalue weighted by molar-refractivity contribution is 5.03. The Morgan fingerprint density at radius 3 is 2.60 bits per heavy atom. The maximum Gasteiger partial charge on any atom is 0.229 e. The first-order valence-corrected chi connectivity index (χ1v) is 7.62. The van der Waals surface area contributed by atoms with Gasteiger partial charge < -0.3 is 14.4 Å². The van der Waals surface area contributed by atoms with Crippen molar-refractivity contribution in [1.29, 1.82) is 0 Å². The second kappa shape index (κ2) is 6.68. The number of aliphatic hydroxyl groups is 1. The molecule has 0 bridgehead atoms. The van der Waals surface area contributed by atoms with E-state index in [4.69, 9.17) is 9.26 Å². The fraction of sp³-hybridized carbons (Fsp3) is 0.867. The van der Waals surface area contributed by atoms with Crippen molar-refractivity contribution in [2.75, 3.05) is 7.11 Å². The average Bonchev–Trinajstić information content (AvgIpc) is 2.87. The Morgan fingerprint density at radius 2 is 2.00 bits per heavy atom. The van der Waals surface area contributed by atoms with Crippen molar-refractivity contribution in [2.24, 2.45) is 5.92 Å². The summed E-state index contributed by atoms with van der Waals surface area (Å²) in [6, 6.07) is 0. The highest BCUT2D eigenvalue weighted by Crippen LogP contribution is 2.38. The van der Waals surface area contributed by atoms with Crippen LogP contribution in [0.1, 0.15) is 64.1 Å². The lowest BCUT2D eigenvalue weighted by atomic mass is 9.84. The van der Waals surface area contributed by atoms with Gasteiger partial charge in [-0.1, -0.05) is 38.3 Å². The number of aromatic nitrogens is 2.